The first-order valence-electron chi connectivity index (χ1n) is 6.85. The molecule has 2 atom stereocenters. The summed E-state index contributed by atoms with van der Waals surface area (Å²) in [5.74, 6) is -0.791. The van der Waals surface area contributed by atoms with E-state index < -0.39 is 17.7 Å². The minimum Gasteiger partial charge on any atom is -0.497 e. The number of methoxy groups -OCH3 is 1. The molecule has 0 aliphatic heterocycles. The molecular formula is C15H18BrF3O2. The van der Waals surface area contributed by atoms with Crippen molar-refractivity contribution in [3.05, 3.63) is 28.2 Å². The summed E-state index contributed by atoms with van der Waals surface area (Å²) in [4.78, 5) is 0. The van der Waals surface area contributed by atoms with Crippen LogP contribution in [0.25, 0.3) is 0 Å². The fourth-order valence-electron chi connectivity index (χ4n) is 2.95. The lowest BCUT2D eigenvalue weighted by molar-refractivity contribution is -0.200. The van der Waals surface area contributed by atoms with Crippen molar-refractivity contribution < 1.29 is 23.0 Å². The van der Waals surface area contributed by atoms with Gasteiger partial charge in [0.05, 0.1) is 18.6 Å². The Kier molecular flexibility index (Phi) is 4.88. The normalized spacial score (nSPS) is 26.7. The van der Waals surface area contributed by atoms with Crippen LogP contribution in [0, 0.1) is 5.92 Å². The van der Waals surface area contributed by atoms with Crippen molar-refractivity contribution in [3.63, 3.8) is 0 Å². The summed E-state index contributed by atoms with van der Waals surface area (Å²) in [6.45, 7) is 0. The molecule has 0 heterocycles. The molecule has 1 aliphatic rings. The van der Waals surface area contributed by atoms with E-state index in [-0.39, 0.29) is 19.3 Å². The Hall–Kier alpha value is -0.750. The molecule has 0 spiro atoms. The Balaban J connectivity index is 2.17. The molecular weight excluding hydrogens is 349 g/mol. The minimum atomic E-state index is -4.24. The predicted molar refractivity (Wildman–Crippen MR) is 77.4 cm³/mol. The molecule has 0 amide bonds. The maximum Gasteiger partial charge on any atom is 0.391 e. The summed E-state index contributed by atoms with van der Waals surface area (Å²) < 4.78 is 44.5. The first-order chi connectivity index (χ1) is 9.73. The Morgan fingerprint density at radius 1 is 1.43 bits per heavy atom. The second-order valence-electron chi connectivity index (χ2n) is 5.69. The largest absolute Gasteiger partial charge is 0.497 e. The molecule has 2 rings (SSSR count). The number of hydrogen-bond donors (Lipinski definition) is 1. The van der Waals surface area contributed by atoms with Gasteiger partial charge in [0.25, 0.3) is 0 Å². The average molecular weight is 367 g/mol. The van der Waals surface area contributed by atoms with Crippen molar-refractivity contribution in [3.8, 4) is 5.75 Å². The molecule has 118 valence electrons. The fraction of sp³-hybridized carbons (Fsp3) is 0.600. The van der Waals surface area contributed by atoms with Gasteiger partial charge in [-0.25, -0.2) is 0 Å². The van der Waals surface area contributed by atoms with Gasteiger partial charge < -0.3 is 9.84 Å². The zero-order valence-electron chi connectivity index (χ0n) is 11.7. The molecule has 1 fully saturated rings. The third-order valence-electron chi connectivity index (χ3n) is 4.06. The van der Waals surface area contributed by atoms with Crippen molar-refractivity contribution >= 4 is 15.9 Å². The van der Waals surface area contributed by atoms with Crippen LogP contribution < -0.4 is 4.74 Å². The lowest BCUT2D eigenvalue weighted by atomic mass is 9.75. The third kappa shape index (κ3) is 4.13. The molecule has 0 bridgehead atoms. The highest BCUT2D eigenvalue weighted by molar-refractivity contribution is 9.10. The van der Waals surface area contributed by atoms with Crippen LogP contribution in [0.3, 0.4) is 0 Å². The van der Waals surface area contributed by atoms with E-state index in [0.29, 0.717) is 18.6 Å². The molecule has 0 aromatic heterocycles. The van der Waals surface area contributed by atoms with Crippen LogP contribution in [-0.2, 0) is 6.42 Å². The van der Waals surface area contributed by atoms with Crippen LogP contribution in [0.2, 0.25) is 0 Å². The van der Waals surface area contributed by atoms with E-state index in [9.17, 15) is 18.3 Å². The quantitative estimate of drug-likeness (QED) is 0.854. The Labute approximate surface area is 130 Å². The van der Waals surface area contributed by atoms with Crippen LogP contribution in [0.4, 0.5) is 13.2 Å². The van der Waals surface area contributed by atoms with E-state index in [4.69, 9.17) is 4.74 Å². The highest BCUT2D eigenvalue weighted by Crippen LogP contribution is 2.43. The second kappa shape index (κ2) is 6.16. The highest BCUT2D eigenvalue weighted by atomic mass is 79.9. The number of halogens is 4. The van der Waals surface area contributed by atoms with Gasteiger partial charge in [0, 0.05) is 10.9 Å². The standard InChI is InChI=1S/C15H18BrF3O2/c1-21-12-4-5-13(16)10(7-12)8-14(20)6-2-3-11(9-14)15(17,18)19/h4-5,7,11,20H,2-3,6,8-9H2,1H3. The van der Waals surface area contributed by atoms with Gasteiger partial charge in [-0.1, -0.05) is 15.9 Å². The smallest absolute Gasteiger partial charge is 0.391 e. The molecule has 1 aromatic carbocycles. The zero-order valence-corrected chi connectivity index (χ0v) is 13.3. The number of aliphatic hydroxyl groups is 1. The number of alkyl halides is 3. The minimum absolute atomic E-state index is 0.102. The topological polar surface area (TPSA) is 29.5 Å². The fourth-order valence-corrected chi connectivity index (χ4v) is 3.34. The van der Waals surface area contributed by atoms with E-state index in [1.807, 2.05) is 0 Å². The summed E-state index contributed by atoms with van der Waals surface area (Å²) in [5.41, 5.74) is -0.549. The highest BCUT2D eigenvalue weighted by Gasteiger charge is 2.47. The number of hydrogen-bond acceptors (Lipinski definition) is 2. The zero-order chi connectivity index (χ0) is 15.7. The molecule has 2 unspecified atom stereocenters. The number of ether oxygens (including phenoxy) is 1. The monoisotopic (exact) mass is 366 g/mol. The van der Waals surface area contributed by atoms with Gasteiger partial charge >= 0.3 is 6.18 Å². The summed E-state index contributed by atoms with van der Waals surface area (Å²) in [6.07, 6.45) is -3.39. The van der Waals surface area contributed by atoms with Crippen molar-refractivity contribution in [1.29, 1.82) is 0 Å². The van der Waals surface area contributed by atoms with E-state index in [0.717, 1.165) is 10.0 Å². The van der Waals surface area contributed by atoms with E-state index >= 15 is 0 Å². The van der Waals surface area contributed by atoms with E-state index in [2.05, 4.69) is 15.9 Å². The lowest BCUT2D eigenvalue weighted by Crippen LogP contribution is -2.42. The molecule has 0 radical (unpaired) electrons. The lowest BCUT2D eigenvalue weighted by Gasteiger charge is -2.38. The van der Waals surface area contributed by atoms with E-state index in [1.54, 1.807) is 18.2 Å². The summed E-state index contributed by atoms with van der Waals surface area (Å²) in [7, 11) is 1.53. The third-order valence-corrected chi connectivity index (χ3v) is 4.83. The molecule has 1 N–H and O–H groups in total. The molecule has 0 saturated heterocycles. The first-order valence-corrected chi connectivity index (χ1v) is 7.64. The summed E-state index contributed by atoms with van der Waals surface area (Å²) in [6, 6.07) is 5.29. The number of rotatable bonds is 3. The SMILES string of the molecule is COc1ccc(Br)c(CC2(O)CCCC(C(F)(F)F)C2)c1. The van der Waals surface area contributed by atoms with Crippen LogP contribution >= 0.6 is 15.9 Å². The predicted octanol–water partition coefficient (Wildman–Crippen LogP) is 4.48. The van der Waals surface area contributed by atoms with Crippen molar-refractivity contribution in [2.75, 3.05) is 7.11 Å². The van der Waals surface area contributed by atoms with Gasteiger partial charge in [-0.15, -0.1) is 0 Å². The van der Waals surface area contributed by atoms with Gasteiger partial charge in [-0.2, -0.15) is 13.2 Å². The van der Waals surface area contributed by atoms with Gasteiger partial charge in [0.15, 0.2) is 0 Å². The van der Waals surface area contributed by atoms with Gasteiger partial charge in [0.2, 0.25) is 0 Å². The maximum absolute atomic E-state index is 12.9. The first kappa shape index (κ1) is 16.6. The average Bonchev–Trinajstić information content (AvgIpc) is 2.40. The Morgan fingerprint density at radius 3 is 2.76 bits per heavy atom. The van der Waals surface area contributed by atoms with Crippen LogP contribution in [-0.4, -0.2) is 24.0 Å². The molecule has 1 aromatic rings. The van der Waals surface area contributed by atoms with Gasteiger partial charge in [-0.3, -0.25) is 0 Å². The van der Waals surface area contributed by atoms with E-state index in [1.165, 1.54) is 7.11 Å². The van der Waals surface area contributed by atoms with Crippen LogP contribution in [0.15, 0.2) is 22.7 Å². The van der Waals surface area contributed by atoms with Crippen molar-refractivity contribution in [2.45, 2.75) is 43.9 Å². The van der Waals surface area contributed by atoms with Crippen molar-refractivity contribution in [2.24, 2.45) is 5.92 Å². The van der Waals surface area contributed by atoms with Gasteiger partial charge in [-0.05, 0) is 49.4 Å². The van der Waals surface area contributed by atoms with Crippen molar-refractivity contribution in [1.82, 2.24) is 0 Å². The number of benzene rings is 1. The Bertz CT molecular complexity index is 504. The van der Waals surface area contributed by atoms with Crippen LogP contribution in [0.1, 0.15) is 31.2 Å². The second-order valence-corrected chi connectivity index (χ2v) is 6.55. The maximum atomic E-state index is 12.9. The molecule has 21 heavy (non-hydrogen) atoms. The Morgan fingerprint density at radius 2 is 2.14 bits per heavy atom. The summed E-state index contributed by atoms with van der Waals surface area (Å²) >= 11 is 3.38. The summed E-state index contributed by atoms with van der Waals surface area (Å²) in [5, 5.41) is 10.6. The van der Waals surface area contributed by atoms with Crippen LogP contribution in [0.5, 0.6) is 5.75 Å². The molecule has 6 heteroatoms. The molecule has 2 nitrogen and oxygen atoms in total. The van der Waals surface area contributed by atoms with Gasteiger partial charge in [0.1, 0.15) is 5.75 Å². The molecule has 1 saturated carbocycles. The molecule has 1 aliphatic carbocycles.